The van der Waals surface area contributed by atoms with Gasteiger partial charge in [0.2, 0.25) is 0 Å². The van der Waals surface area contributed by atoms with E-state index in [1.54, 1.807) is 0 Å². The second-order valence-corrected chi connectivity index (χ2v) is 3.99. The number of H-pyrrole nitrogens is 1. The van der Waals surface area contributed by atoms with E-state index in [9.17, 15) is 0 Å². The molecule has 0 radical (unpaired) electrons. The number of aromatic amines is 1. The normalized spacial score (nSPS) is 11.3. The zero-order valence-corrected chi connectivity index (χ0v) is 9.20. The highest BCUT2D eigenvalue weighted by molar-refractivity contribution is 5.26. The lowest BCUT2D eigenvalue weighted by Gasteiger charge is -2.25. The zero-order valence-electron chi connectivity index (χ0n) is 9.20. The molecule has 0 aliphatic heterocycles. The first-order valence-corrected chi connectivity index (χ1v) is 4.85. The van der Waals surface area contributed by atoms with Crippen LogP contribution in [0.1, 0.15) is 27.7 Å². The van der Waals surface area contributed by atoms with E-state index in [1.807, 2.05) is 12.4 Å². The van der Waals surface area contributed by atoms with Gasteiger partial charge in [0.25, 0.3) is 0 Å². The van der Waals surface area contributed by atoms with Crippen molar-refractivity contribution in [2.75, 3.05) is 4.90 Å². The van der Waals surface area contributed by atoms with E-state index >= 15 is 0 Å². The second kappa shape index (κ2) is 3.81. The van der Waals surface area contributed by atoms with Gasteiger partial charge in [-0.3, -0.25) is 4.90 Å². The Labute approximate surface area is 80.4 Å². The minimum absolute atomic E-state index is 0.518. The molecule has 0 saturated carbocycles. The SMILES string of the molecule is CC(C)N(c1[nH]cc[n+]1C)C(C)C. The lowest BCUT2D eigenvalue weighted by atomic mass is 10.2. The molecular weight excluding hydrogens is 162 g/mol. The fourth-order valence-electron chi connectivity index (χ4n) is 1.74. The van der Waals surface area contributed by atoms with Crippen molar-refractivity contribution in [1.82, 2.24) is 4.98 Å². The van der Waals surface area contributed by atoms with Crippen LogP contribution in [0.3, 0.4) is 0 Å². The van der Waals surface area contributed by atoms with E-state index < -0.39 is 0 Å². The van der Waals surface area contributed by atoms with Crippen molar-refractivity contribution in [3.63, 3.8) is 0 Å². The molecule has 1 aromatic heterocycles. The van der Waals surface area contributed by atoms with Crippen LogP contribution >= 0.6 is 0 Å². The van der Waals surface area contributed by atoms with Gasteiger partial charge in [-0.1, -0.05) is 0 Å². The van der Waals surface area contributed by atoms with Crippen LogP contribution in [-0.4, -0.2) is 17.1 Å². The number of aromatic nitrogens is 2. The zero-order chi connectivity index (χ0) is 10.0. The summed E-state index contributed by atoms with van der Waals surface area (Å²) in [6.45, 7) is 8.84. The van der Waals surface area contributed by atoms with Gasteiger partial charge in [-0.15, -0.1) is 0 Å². The van der Waals surface area contributed by atoms with E-state index in [1.165, 1.54) is 5.95 Å². The Balaban J connectivity index is 2.95. The number of hydrogen-bond acceptors (Lipinski definition) is 1. The van der Waals surface area contributed by atoms with Crippen LogP contribution in [-0.2, 0) is 7.05 Å². The van der Waals surface area contributed by atoms with Crippen molar-refractivity contribution in [2.45, 2.75) is 39.8 Å². The highest BCUT2D eigenvalue weighted by atomic mass is 15.3. The van der Waals surface area contributed by atoms with Crippen LogP contribution in [0, 0.1) is 0 Å². The number of rotatable bonds is 3. The fraction of sp³-hybridized carbons (Fsp3) is 0.700. The van der Waals surface area contributed by atoms with Gasteiger partial charge in [-0.2, -0.15) is 0 Å². The standard InChI is InChI=1S/C10H19N3/c1-8(2)13(9(3)4)10-11-6-7-12(10)5/h6-9H,1-5H3/p+1. The minimum Gasteiger partial charge on any atom is -0.260 e. The summed E-state index contributed by atoms with van der Waals surface area (Å²) in [6, 6.07) is 1.04. The minimum atomic E-state index is 0.518. The van der Waals surface area contributed by atoms with Crippen LogP contribution in [0.4, 0.5) is 5.95 Å². The first kappa shape index (κ1) is 10.1. The molecule has 0 amide bonds. The number of aryl methyl sites for hydroxylation is 1. The largest absolute Gasteiger partial charge is 0.357 e. The highest BCUT2D eigenvalue weighted by Crippen LogP contribution is 2.12. The predicted molar refractivity (Wildman–Crippen MR) is 54.7 cm³/mol. The highest BCUT2D eigenvalue weighted by Gasteiger charge is 2.24. The fourth-order valence-corrected chi connectivity index (χ4v) is 1.74. The van der Waals surface area contributed by atoms with Crippen molar-refractivity contribution in [3.05, 3.63) is 12.4 Å². The Bertz CT molecular complexity index is 255. The molecule has 1 N–H and O–H groups in total. The molecular formula is C10H20N3+. The Morgan fingerprint density at radius 2 is 1.77 bits per heavy atom. The molecule has 1 heterocycles. The van der Waals surface area contributed by atoms with Gasteiger partial charge in [0, 0.05) is 0 Å². The molecule has 1 aromatic rings. The van der Waals surface area contributed by atoms with Crippen LogP contribution in [0.25, 0.3) is 0 Å². The second-order valence-electron chi connectivity index (χ2n) is 3.99. The van der Waals surface area contributed by atoms with Gasteiger partial charge in [0.15, 0.2) is 0 Å². The first-order valence-electron chi connectivity index (χ1n) is 4.85. The van der Waals surface area contributed by atoms with E-state index in [0.717, 1.165) is 0 Å². The summed E-state index contributed by atoms with van der Waals surface area (Å²) in [6.07, 6.45) is 4.00. The topological polar surface area (TPSA) is 22.9 Å². The van der Waals surface area contributed by atoms with Gasteiger partial charge in [0.05, 0.1) is 31.5 Å². The molecule has 3 nitrogen and oxygen atoms in total. The van der Waals surface area contributed by atoms with Crippen LogP contribution < -0.4 is 9.47 Å². The third-order valence-electron chi connectivity index (χ3n) is 2.20. The summed E-state index contributed by atoms with van der Waals surface area (Å²) in [4.78, 5) is 5.62. The average Bonchev–Trinajstić information content (AvgIpc) is 2.35. The molecule has 1 rings (SSSR count). The number of imidazole rings is 1. The van der Waals surface area contributed by atoms with E-state index in [4.69, 9.17) is 0 Å². The maximum atomic E-state index is 3.26. The molecule has 0 bridgehead atoms. The Kier molecular flexibility index (Phi) is 2.96. The third-order valence-corrected chi connectivity index (χ3v) is 2.20. The van der Waals surface area contributed by atoms with Gasteiger partial charge in [-0.25, -0.2) is 9.55 Å². The van der Waals surface area contributed by atoms with Crippen LogP contribution in [0.15, 0.2) is 12.4 Å². The number of anilines is 1. The average molecular weight is 182 g/mol. The predicted octanol–water partition coefficient (Wildman–Crippen LogP) is 1.46. The molecule has 0 unspecified atom stereocenters. The summed E-state index contributed by atoms with van der Waals surface area (Å²) in [5.41, 5.74) is 0. The smallest absolute Gasteiger partial charge is 0.260 e. The Hall–Kier alpha value is -0.990. The van der Waals surface area contributed by atoms with Crippen molar-refractivity contribution in [3.8, 4) is 0 Å². The van der Waals surface area contributed by atoms with E-state index in [-0.39, 0.29) is 0 Å². The number of hydrogen-bond donors (Lipinski definition) is 1. The molecule has 0 saturated heterocycles. The van der Waals surface area contributed by atoms with Crippen molar-refractivity contribution < 1.29 is 4.57 Å². The number of nitrogens with zero attached hydrogens (tertiary/aromatic N) is 2. The van der Waals surface area contributed by atoms with E-state index in [0.29, 0.717) is 12.1 Å². The van der Waals surface area contributed by atoms with Gasteiger partial charge < -0.3 is 0 Å². The molecule has 0 spiro atoms. The summed E-state index contributed by atoms with van der Waals surface area (Å²) >= 11 is 0. The quantitative estimate of drug-likeness (QED) is 0.703. The van der Waals surface area contributed by atoms with E-state index in [2.05, 4.69) is 49.2 Å². The molecule has 0 aromatic carbocycles. The molecule has 74 valence electrons. The number of nitrogens with one attached hydrogen (secondary N) is 1. The lowest BCUT2D eigenvalue weighted by Crippen LogP contribution is -2.45. The van der Waals surface area contributed by atoms with Gasteiger partial charge in [-0.05, 0) is 27.7 Å². The maximum Gasteiger partial charge on any atom is 0.357 e. The molecule has 0 fully saturated rings. The Morgan fingerprint density at radius 1 is 1.23 bits per heavy atom. The van der Waals surface area contributed by atoms with Crippen LogP contribution in [0.5, 0.6) is 0 Å². The van der Waals surface area contributed by atoms with Crippen molar-refractivity contribution in [1.29, 1.82) is 0 Å². The monoisotopic (exact) mass is 182 g/mol. The summed E-state index contributed by atoms with van der Waals surface area (Å²) in [5, 5.41) is 0. The molecule has 3 heteroatoms. The maximum absolute atomic E-state index is 3.26. The Morgan fingerprint density at radius 3 is 2.08 bits per heavy atom. The molecule has 0 atom stereocenters. The summed E-state index contributed by atoms with van der Waals surface area (Å²) in [7, 11) is 2.06. The van der Waals surface area contributed by atoms with Crippen LogP contribution in [0.2, 0.25) is 0 Å². The third kappa shape index (κ3) is 2.02. The molecule has 0 aliphatic carbocycles. The summed E-state index contributed by atoms with van der Waals surface area (Å²) < 4.78 is 2.11. The van der Waals surface area contributed by atoms with Gasteiger partial charge in [0.1, 0.15) is 0 Å². The molecule has 13 heavy (non-hydrogen) atoms. The first-order chi connectivity index (χ1) is 6.04. The van der Waals surface area contributed by atoms with Crippen molar-refractivity contribution in [2.24, 2.45) is 7.05 Å². The van der Waals surface area contributed by atoms with Crippen molar-refractivity contribution >= 4 is 5.95 Å². The summed E-state index contributed by atoms with van der Waals surface area (Å²) in [5.74, 6) is 1.17. The molecule has 0 aliphatic rings. The lowest BCUT2D eigenvalue weighted by molar-refractivity contribution is -0.657. The van der Waals surface area contributed by atoms with Gasteiger partial charge >= 0.3 is 5.95 Å².